The maximum absolute atomic E-state index is 4.94. The van der Waals surface area contributed by atoms with Crippen molar-refractivity contribution in [2.45, 2.75) is 13.8 Å². The predicted molar refractivity (Wildman–Crippen MR) is 29.0 cm³/mol. The second-order valence-corrected chi connectivity index (χ2v) is 1.87. The van der Waals surface area contributed by atoms with Gasteiger partial charge in [0.05, 0.1) is 0 Å². The number of hydrogen-bond donors (Lipinski definition) is 0. The van der Waals surface area contributed by atoms with Gasteiger partial charge >= 0.3 is 50.5 Å². The van der Waals surface area contributed by atoms with Crippen LogP contribution < -0.4 is 24.0 Å². The quantitative estimate of drug-likeness (QED) is 0.312. The molecule has 4 heteroatoms. The molecule has 0 aromatic rings. The van der Waals surface area contributed by atoms with E-state index in [0.717, 1.165) is 13.2 Å². The molecule has 0 atom stereocenters. The molecule has 0 heterocycles. The van der Waals surface area contributed by atoms with Crippen molar-refractivity contribution >= 4 is 15.9 Å². The third-order valence-electron chi connectivity index (χ3n) is 0.469. The molecule has 0 saturated carbocycles. The molecule has 0 aromatic carbocycles. The summed E-state index contributed by atoms with van der Waals surface area (Å²) in [5.41, 5.74) is 0. The van der Waals surface area contributed by atoms with Crippen LogP contribution in [0.2, 0.25) is 0 Å². The summed E-state index contributed by atoms with van der Waals surface area (Å²) in [5, 5.41) is 0. The first-order valence-electron chi connectivity index (χ1n) is 2.46. The molecular formula is C4H10AlIO2. The first kappa shape index (κ1) is 11.9. The molecule has 8 heavy (non-hydrogen) atoms. The van der Waals surface area contributed by atoms with Gasteiger partial charge in [-0.25, -0.2) is 0 Å². The fraction of sp³-hybridized carbons (Fsp3) is 1.00. The summed E-state index contributed by atoms with van der Waals surface area (Å²) in [6, 6.07) is 0. The zero-order chi connectivity index (χ0) is 5.54. The van der Waals surface area contributed by atoms with E-state index in [1.807, 2.05) is 13.8 Å². The van der Waals surface area contributed by atoms with Crippen LogP contribution in [-0.4, -0.2) is 29.1 Å². The van der Waals surface area contributed by atoms with Crippen molar-refractivity contribution in [1.82, 2.24) is 0 Å². The fourth-order valence-electron chi connectivity index (χ4n) is 0.184. The number of halogens is 1. The summed E-state index contributed by atoms with van der Waals surface area (Å²) in [4.78, 5) is 0. The van der Waals surface area contributed by atoms with Crippen molar-refractivity contribution in [1.29, 1.82) is 0 Å². The summed E-state index contributed by atoms with van der Waals surface area (Å²) in [6.45, 7) is 5.47. The third kappa shape index (κ3) is 10.2. The van der Waals surface area contributed by atoms with E-state index in [4.69, 9.17) is 7.58 Å². The molecule has 0 aromatic heterocycles. The minimum atomic E-state index is -0.178. The molecule has 0 saturated heterocycles. The summed E-state index contributed by atoms with van der Waals surface area (Å²) in [6.07, 6.45) is 0. The van der Waals surface area contributed by atoms with Crippen LogP contribution in [0, 0.1) is 0 Å². The molecular weight excluding hydrogens is 234 g/mol. The number of hydrogen-bond acceptors (Lipinski definition) is 2. The maximum atomic E-state index is 4.94. The Morgan fingerprint density at radius 3 is 1.75 bits per heavy atom. The second-order valence-electron chi connectivity index (χ2n) is 1.01. The minimum Gasteiger partial charge on any atom is -1.00 e. The van der Waals surface area contributed by atoms with E-state index in [-0.39, 0.29) is 39.9 Å². The van der Waals surface area contributed by atoms with Gasteiger partial charge in [0.15, 0.2) is 0 Å². The average molecular weight is 244 g/mol. The Labute approximate surface area is 74.3 Å². The van der Waals surface area contributed by atoms with E-state index >= 15 is 0 Å². The minimum absolute atomic E-state index is 0. The van der Waals surface area contributed by atoms with Crippen molar-refractivity contribution in [3.63, 3.8) is 0 Å². The normalized spacial score (nSPS) is 7.25. The molecule has 48 valence electrons. The van der Waals surface area contributed by atoms with Crippen LogP contribution in [0.15, 0.2) is 0 Å². The summed E-state index contributed by atoms with van der Waals surface area (Å²) >= 11 is -0.178. The molecule has 0 aliphatic rings. The third-order valence-corrected chi connectivity index (χ3v) is 1.41. The smallest absolute Gasteiger partial charge is 1.00 e. The number of rotatable bonds is 4. The van der Waals surface area contributed by atoms with Gasteiger partial charge in [0.1, 0.15) is 0 Å². The van der Waals surface area contributed by atoms with Crippen LogP contribution in [-0.2, 0) is 7.58 Å². The monoisotopic (exact) mass is 244 g/mol. The molecule has 2 nitrogen and oxygen atoms in total. The molecule has 0 aliphatic heterocycles. The molecule has 0 radical (unpaired) electrons. The van der Waals surface area contributed by atoms with Crippen LogP contribution in [0.25, 0.3) is 0 Å². The standard InChI is InChI=1S/2C2H5O.Al.HI/c2*1-2-3;;/h2*2H2,1H3;;1H/q2*-1;+3;/p-1. The first-order valence-corrected chi connectivity index (χ1v) is 3.41. The van der Waals surface area contributed by atoms with Gasteiger partial charge in [0, 0.05) is 0 Å². The van der Waals surface area contributed by atoms with Crippen molar-refractivity contribution < 1.29 is 31.6 Å². The molecule has 0 spiro atoms. The molecule has 0 aliphatic carbocycles. The molecule has 0 amide bonds. The van der Waals surface area contributed by atoms with Crippen molar-refractivity contribution in [3.05, 3.63) is 0 Å². The second kappa shape index (κ2) is 11.0. The fourth-order valence-corrected chi connectivity index (χ4v) is 0.553. The summed E-state index contributed by atoms with van der Waals surface area (Å²) in [7, 11) is 0. The Kier molecular flexibility index (Phi) is 16.5. The van der Waals surface area contributed by atoms with Gasteiger partial charge < -0.3 is 24.0 Å². The molecule has 0 fully saturated rings. The Balaban J connectivity index is 0. The van der Waals surface area contributed by atoms with E-state index in [9.17, 15) is 0 Å². The van der Waals surface area contributed by atoms with Crippen LogP contribution >= 0.6 is 0 Å². The Hall–Kier alpha value is 1.18. The Morgan fingerprint density at radius 1 is 1.12 bits per heavy atom. The summed E-state index contributed by atoms with van der Waals surface area (Å²) in [5.74, 6) is 0. The van der Waals surface area contributed by atoms with Gasteiger partial charge in [0.2, 0.25) is 0 Å². The van der Waals surface area contributed by atoms with E-state index in [2.05, 4.69) is 0 Å². The van der Waals surface area contributed by atoms with E-state index < -0.39 is 0 Å². The molecule has 0 rings (SSSR count). The largest absolute Gasteiger partial charge is 1.00 e. The molecule has 0 unspecified atom stereocenters. The van der Waals surface area contributed by atoms with Crippen LogP contribution in [0.4, 0.5) is 0 Å². The van der Waals surface area contributed by atoms with Crippen LogP contribution in [0.1, 0.15) is 13.8 Å². The topological polar surface area (TPSA) is 18.5 Å². The van der Waals surface area contributed by atoms with Gasteiger partial charge in [-0.15, -0.1) is 0 Å². The van der Waals surface area contributed by atoms with E-state index in [0.29, 0.717) is 0 Å². The average Bonchev–Trinajstić information content (AvgIpc) is 1.69. The van der Waals surface area contributed by atoms with Crippen molar-refractivity contribution in [3.8, 4) is 0 Å². The Morgan fingerprint density at radius 2 is 1.50 bits per heavy atom. The van der Waals surface area contributed by atoms with E-state index in [1.165, 1.54) is 0 Å². The van der Waals surface area contributed by atoms with Crippen molar-refractivity contribution in [2.75, 3.05) is 13.2 Å². The Bertz CT molecular complexity index is 33.2. The van der Waals surface area contributed by atoms with Gasteiger partial charge in [-0.1, -0.05) is 0 Å². The summed E-state index contributed by atoms with van der Waals surface area (Å²) < 4.78 is 9.87. The van der Waals surface area contributed by atoms with Gasteiger partial charge in [0.25, 0.3) is 0 Å². The predicted octanol–water partition coefficient (Wildman–Crippen LogP) is -2.40. The first-order chi connectivity index (χ1) is 3.41. The van der Waals surface area contributed by atoms with Gasteiger partial charge in [-0.2, -0.15) is 0 Å². The van der Waals surface area contributed by atoms with E-state index in [1.54, 1.807) is 0 Å². The molecule has 0 bridgehead atoms. The van der Waals surface area contributed by atoms with Crippen LogP contribution in [0.3, 0.4) is 0 Å². The molecule has 0 N–H and O–H groups in total. The van der Waals surface area contributed by atoms with Crippen LogP contribution in [0.5, 0.6) is 0 Å². The SMILES string of the molecule is CC[O][Al+][O]CC.[I-]. The van der Waals surface area contributed by atoms with Crippen molar-refractivity contribution in [2.24, 2.45) is 0 Å². The van der Waals surface area contributed by atoms with Gasteiger partial charge in [-0.05, 0) is 0 Å². The zero-order valence-electron chi connectivity index (χ0n) is 5.19. The zero-order valence-corrected chi connectivity index (χ0v) is 8.50. The maximum Gasteiger partial charge on any atom is -1.00 e. The van der Waals surface area contributed by atoms with Gasteiger partial charge in [-0.3, -0.25) is 0 Å².